The SMILES string of the molecule is Cc1ccc(Nc2ncc(C)c(N(C)C)n2)c(NC(=O)CC(C)C)c1. The summed E-state index contributed by atoms with van der Waals surface area (Å²) >= 11 is 0. The maximum atomic E-state index is 12.2. The number of benzene rings is 1. The van der Waals surface area contributed by atoms with Crippen LogP contribution >= 0.6 is 0 Å². The monoisotopic (exact) mass is 341 g/mol. The average Bonchev–Trinajstić information content (AvgIpc) is 2.50. The average molecular weight is 341 g/mol. The van der Waals surface area contributed by atoms with Crippen LogP contribution in [0.15, 0.2) is 24.4 Å². The number of nitrogens with one attached hydrogen (secondary N) is 2. The Hall–Kier alpha value is -2.63. The van der Waals surface area contributed by atoms with Crippen molar-refractivity contribution in [1.82, 2.24) is 9.97 Å². The van der Waals surface area contributed by atoms with Crippen LogP contribution in [0, 0.1) is 19.8 Å². The second kappa shape index (κ2) is 7.96. The quantitative estimate of drug-likeness (QED) is 0.834. The third-order valence-corrected chi connectivity index (χ3v) is 3.66. The zero-order chi connectivity index (χ0) is 18.6. The van der Waals surface area contributed by atoms with Crippen molar-refractivity contribution in [3.05, 3.63) is 35.5 Å². The van der Waals surface area contributed by atoms with Gasteiger partial charge in [0.15, 0.2) is 0 Å². The van der Waals surface area contributed by atoms with Crippen LogP contribution in [-0.4, -0.2) is 30.0 Å². The lowest BCUT2D eigenvalue weighted by atomic mass is 10.1. The Bertz CT molecular complexity index is 755. The van der Waals surface area contributed by atoms with Crippen molar-refractivity contribution in [3.8, 4) is 0 Å². The highest BCUT2D eigenvalue weighted by Crippen LogP contribution is 2.27. The second-order valence-corrected chi connectivity index (χ2v) is 6.91. The van der Waals surface area contributed by atoms with Crippen molar-refractivity contribution in [2.45, 2.75) is 34.1 Å². The molecule has 0 bridgehead atoms. The molecule has 2 N–H and O–H groups in total. The molecule has 0 fully saturated rings. The van der Waals surface area contributed by atoms with Gasteiger partial charge in [-0.2, -0.15) is 4.98 Å². The molecule has 0 radical (unpaired) electrons. The molecule has 0 unspecified atom stereocenters. The van der Waals surface area contributed by atoms with Gasteiger partial charge < -0.3 is 15.5 Å². The molecule has 0 saturated carbocycles. The summed E-state index contributed by atoms with van der Waals surface area (Å²) in [6.45, 7) is 8.02. The fraction of sp³-hybridized carbons (Fsp3) is 0.421. The van der Waals surface area contributed by atoms with E-state index in [9.17, 15) is 4.79 Å². The van der Waals surface area contributed by atoms with E-state index in [1.165, 1.54) is 0 Å². The summed E-state index contributed by atoms with van der Waals surface area (Å²) < 4.78 is 0. The maximum Gasteiger partial charge on any atom is 0.229 e. The number of amides is 1. The van der Waals surface area contributed by atoms with E-state index in [2.05, 4.69) is 20.6 Å². The number of carbonyl (C=O) groups is 1. The predicted molar refractivity (Wildman–Crippen MR) is 104 cm³/mol. The van der Waals surface area contributed by atoms with Crippen molar-refractivity contribution >= 4 is 29.0 Å². The number of hydrogen-bond donors (Lipinski definition) is 2. The van der Waals surface area contributed by atoms with Crippen LogP contribution in [0.1, 0.15) is 31.4 Å². The molecule has 25 heavy (non-hydrogen) atoms. The van der Waals surface area contributed by atoms with E-state index in [1.807, 2.05) is 64.9 Å². The van der Waals surface area contributed by atoms with Gasteiger partial charge in [0.05, 0.1) is 11.4 Å². The number of carbonyl (C=O) groups excluding carboxylic acids is 1. The van der Waals surface area contributed by atoms with Crippen molar-refractivity contribution in [2.75, 3.05) is 29.6 Å². The zero-order valence-corrected chi connectivity index (χ0v) is 15.8. The number of aryl methyl sites for hydroxylation is 2. The van der Waals surface area contributed by atoms with Gasteiger partial charge in [0.1, 0.15) is 5.82 Å². The summed E-state index contributed by atoms with van der Waals surface area (Å²) in [7, 11) is 3.89. The Balaban J connectivity index is 2.27. The van der Waals surface area contributed by atoms with Crippen LogP contribution in [0.2, 0.25) is 0 Å². The lowest BCUT2D eigenvalue weighted by Crippen LogP contribution is -2.16. The fourth-order valence-electron chi connectivity index (χ4n) is 2.51. The van der Waals surface area contributed by atoms with Gasteiger partial charge in [0.25, 0.3) is 0 Å². The lowest BCUT2D eigenvalue weighted by molar-refractivity contribution is -0.116. The fourth-order valence-corrected chi connectivity index (χ4v) is 2.51. The molecule has 1 amide bonds. The van der Waals surface area contributed by atoms with E-state index in [0.717, 1.165) is 28.3 Å². The Morgan fingerprint density at radius 3 is 2.56 bits per heavy atom. The summed E-state index contributed by atoms with van der Waals surface area (Å²) in [5.74, 6) is 1.67. The molecule has 0 spiro atoms. The molecule has 2 aromatic rings. The number of nitrogens with zero attached hydrogens (tertiary/aromatic N) is 3. The highest BCUT2D eigenvalue weighted by atomic mass is 16.1. The predicted octanol–water partition coefficient (Wildman–Crippen LogP) is 3.89. The first-order chi connectivity index (χ1) is 11.8. The van der Waals surface area contributed by atoms with E-state index >= 15 is 0 Å². The Labute approximate surface area is 149 Å². The van der Waals surface area contributed by atoms with Crippen LogP contribution in [0.5, 0.6) is 0 Å². The van der Waals surface area contributed by atoms with E-state index < -0.39 is 0 Å². The van der Waals surface area contributed by atoms with Crippen LogP contribution < -0.4 is 15.5 Å². The Morgan fingerprint density at radius 2 is 1.92 bits per heavy atom. The Morgan fingerprint density at radius 1 is 1.20 bits per heavy atom. The largest absolute Gasteiger partial charge is 0.362 e. The highest BCUT2D eigenvalue weighted by Gasteiger charge is 2.11. The first kappa shape index (κ1) is 18.7. The molecule has 1 aromatic heterocycles. The van der Waals surface area contributed by atoms with Crippen LogP contribution in [0.25, 0.3) is 0 Å². The molecule has 0 saturated heterocycles. The van der Waals surface area contributed by atoms with E-state index in [-0.39, 0.29) is 5.91 Å². The smallest absolute Gasteiger partial charge is 0.229 e. The van der Waals surface area contributed by atoms with Gasteiger partial charge >= 0.3 is 0 Å². The molecule has 1 aromatic carbocycles. The molecule has 1 heterocycles. The van der Waals surface area contributed by atoms with Gasteiger partial charge in [0, 0.05) is 32.3 Å². The summed E-state index contributed by atoms with van der Waals surface area (Å²) in [6.07, 6.45) is 2.27. The molecule has 6 heteroatoms. The minimum absolute atomic E-state index is 0.00227. The molecular formula is C19H27N5O. The van der Waals surface area contributed by atoms with Crippen molar-refractivity contribution in [1.29, 1.82) is 0 Å². The summed E-state index contributed by atoms with van der Waals surface area (Å²) in [4.78, 5) is 23.0. The summed E-state index contributed by atoms with van der Waals surface area (Å²) in [6, 6.07) is 5.86. The first-order valence-corrected chi connectivity index (χ1v) is 8.44. The Kier molecular flexibility index (Phi) is 5.96. The van der Waals surface area contributed by atoms with Crippen LogP contribution in [0.4, 0.5) is 23.1 Å². The van der Waals surface area contributed by atoms with Gasteiger partial charge in [0.2, 0.25) is 11.9 Å². The third kappa shape index (κ3) is 5.17. The molecule has 0 aliphatic rings. The van der Waals surface area contributed by atoms with Gasteiger partial charge in [-0.05, 0) is 37.5 Å². The molecule has 0 aliphatic carbocycles. The minimum atomic E-state index is 0.00227. The van der Waals surface area contributed by atoms with E-state index in [4.69, 9.17) is 0 Å². The van der Waals surface area contributed by atoms with Gasteiger partial charge in [-0.3, -0.25) is 4.79 Å². The molecule has 134 valence electrons. The maximum absolute atomic E-state index is 12.2. The van der Waals surface area contributed by atoms with E-state index in [0.29, 0.717) is 18.3 Å². The van der Waals surface area contributed by atoms with Crippen LogP contribution in [0.3, 0.4) is 0 Å². The summed E-state index contributed by atoms with van der Waals surface area (Å²) in [5, 5.41) is 6.20. The van der Waals surface area contributed by atoms with Gasteiger partial charge in [-0.1, -0.05) is 19.9 Å². The van der Waals surface area contributed by atoms with Crippen molar-refractivity contribution in [3.63, 3.8) is 0 Å². The summed E-state index contributed by atoms with van der Waals surface area (Å²) in [5.41, 5.74) is 3.59. The molecular weight excluding hydrogens is 314 g/mol. The topological polar surface area (TPSA) is 70.2 Å². The number of hydrogen-bond acceptors (Lipinski definition) is 5. The molecule has 6 nitrogen and oxygen atoms in total. The van der Waals surface area contributed by atoms with Crippen molar-refractivity contribution < 1.29 is 4.79 Å². The molecule has 2 rings (SSSR count). The minimum Gasteiger partial charge on any atom is -0.362 e. The lowest BCUT2D eigenvalue weighted by Gasteiger charge is -2.17. The second-order valence-electron chi connectivity index (χ2n) is 6.91. The standard InChI is InChI=1S/C19H27N5O/c1-12(2)9-17(25)21-16-10-13(3)7-8-15(16)22-19-20-11-14(4)18(23-19)24(5)6/h7-8,10-12H,9H2,1-6H3,(H,21,25)(H,20,22,23). The van der Waals surface area contributed by atoms with Crippen LogP contribution in [-0.2, 0) is 4.79 Å². The molecule has 0 atom stereocenters. The molecule has 0 aliphatic heterocycles. The highest BCUT2D eigenvalue weighted by molar-refractivity contribution is 5.95. The van der Waals surface area contributed by atoms with Crippen molar-refractivity contribution in [2.24, 2.45) is 5.92 Å². The first-order valence-electron chi connectivity index (χ1n) is 8.44. The normalized spacial score (nSPS) is 10.7. The number of rotatable bonds is 6. The zero-order valence-electron chi connectivity index (χ0n) is 15.8. The van der Waals surface area contributed by atoms with Gasteiger partial charge in [-0.15, -0.1) is 0 Å². The number of aromatic nitrogens is 2. The number of anilines is 4. The van der Waals surface area contributed by atoms with Gasteiger partial charge in [-0.25, -0.2) is 4.98 Å². The third-order valence-electron chi connectivity index (χ3n) is 3.66. The van der Waals surface area contributed by atoms with E-state index in [1.54, 1.807) is 6.20 Å².